The quantitative estimate of drug-likeness (QED) is 0.315. The van der Waals surface area contributed by atoms with E-state index in [0.717, 1.165) is 32.1 Å². The number of carbonyl (C=O) groups excluding carboxylic acids is 1. The standard InChI is InChI=1S/C30H50O5/c1-11-22-19-25(35-26(34-22)23-18-21(20(2)32)12-13-24(23)33)30(9,10)29(7,8)15-14-27(3,4)28(5,6)16-17-31/h12-13,18,22,25-26,31,33H,11,14-17,19H2,1-10H3. The van der Waals surface area contributed by atoms with Gasteiger partial charge in [0, 0.05) is 18.6 Å². The minimum atomic E-state index is -0.715. The first-order valence-corrected chi connectivity index (χ1v) is 13.2. The Morgan fingerprint density at radius 1 is 0.943 bits per heavy atom. The van der Waals surface area contributed by atoms with Crippen molar-refractivity contribution in [3.05, 3.63) is 29.3 Å². The van der Waals surface area contributed by atoms with E-state index in [1.807, 2.05) is 0 Å². The third-order valence-corrected chi connectivity index (χ3v) is 9.72. The molecule has 0 aromatic heterocycles. The van der Waals surface area contributed by atoms with Crippen LogP contribution in [0.3, 0.4) is 0 Å². The molecule has 0 spiro atoms. The van der Waals surface area contributed by atoms with Gasteiger partial charge in [-0.1, -0.05) is 62.3 Å². The monoisotopic (exact) mass is 490 g/mol. The molecule has 0 aliphatic carbocycles. The van der Waals surface area contributed by atoms with Gasteiger partial charge in [0.15, 0.2) is 12.1 Å². The van der Waals surface area contributed by atoms with Gasteiger partial charge in [-0.2, -0.15) is 0 Å². The largest absolute Gasteiger partial charge is 0.507 e. The summed E-state index contributed by atoms with van der Waals surface area (Å²) in [6.07, 6.45) is 3.71. The van der Waals surface area contributed by atoms with Crippen molar-refractivity contribution in [1.29, 1.82) is 0 Å². The van der Waals surface area contributed by atoms with Gasteiger partial charge >= 0.3 is 0 Å². The zero-order valence-corrected chi connectivity index (χ0v) is 23.8. The van der Waals surface area contributed by atoms with E-state index < -0.39 is 6.29 Å². The van der Waals surface area contributed by atoms with Gasteiger partial charge in [0.2, 0.25) is 0 Å². The molecule has 200 valence electrons. The Labute approximate surface area is 213 Å². The average molecular weight is 491 g/mol. The van der Waals surface area contributed by atoms with Crippen molar-refractivity contribution in [2.45, 2.75) is 120 Å². The summed E-state index contributed by atoms with van der Waals surface area (Å²) < 4.78 is 12.8. The molecule has 0 amide bonds. The van der Waals surface area contributed by atoms with Crippen LogP contribution < -0.4 is 0 Å². The third-order valence-electron chi connectivity index (χ3n) is 9.72. The Balaban J connectivity index is 2.30. The van der Waals surface area contributed by atoms with Crippen molar-refractivity contribution < 1.29 is 24.5 Å². The van der Waals surface area contributed by atoms with E-state index in [0.29, 0.717) is 11.1 Å². The summed E-state index contributed by atoms with van der Waals surface area (Å²) in [6.45, 7) is 22.2. The molecule has 1 aromatic rings. The number of hydrogen-bond acceptors (Lipinski definition) is 5. The number of Topliss-reactive ketones (excluding diaryl/α,β-unsaturated/α-hetero) is 1. The van der Waals surface area contributed by atoms with Crippen LogP contribution in [0, 0.1) is 21.7 Å². The van der Waals surface area contributed by atoms with Crippen molar-refractivity contribution in [1.82, 2.24) is 0 Å². The fraction of sp³-hybridized carbons (Fsp3) is 0.767. The van der Waals surface area contributed by atoms with Crippen LogP contribution >= 0.6 is 0 Å². The molecule has 5 nitrogen and oxygen atoms in total. The van der Waals surface area contributed by atoms with Crippen molar-refractivity contribution in [3.8, 4) is 5.75 Å². The van der Waals surface area contributed by atoms with Crippen LogP contribution in [-0.2, 0) is 9.47 Å². The van der Waals surface area contributed by atoms with Crippen molar-refractivity contribution in [3.63, 3.8) is 0 Å². The van der Waals surface area contributed by atoms with Gasteiger partial charge in [-0.3, -0.25) is 4.79 Å². The molecule has 1 fully saturated rings. The predicted molar refractivity (Wildman–Crippen MR) is 142 cm³/mol. The van der Waals surface area contributed by atoms with Gasteiger partial charge in [0.1, 0.15) is 5.75 Å². The number of aliphatic hydroxyl groups is 1. The first-order chi connectivity index (χ1) is 16.0. The molecule has 0 radical (unpaired) electrons. The summed E-state index contributed by atoms with van der Waals surface area (Å²) in [5.41, 5.74) is 0.956. The maximum atomic E-state index is 12.0. The van der Waals surface area contributed by atoms with E-state index in [1.54, 1.807) is 18.2 Å². The lowest BCUT2D eigenvalue weighted by atomic mass is 9.57. The first kappa shape index (κ1) is 29.8. The molecule has 1 aromatic carbocycles. The fourth-order valence-corrected chi connectivity index (χ4v) is 4.88. The van der Waals surface area contributed by atoms with E-state index in [1.165, 1.54) is 6.92 Å². The number of aromatic hydroxyl groups is 1. The summed E-state index contributed by atoms with van der Waals surface area (Å²) in [6, 6.07) is 4.88. The maximum Gasteiger partial charge on any atom is 0.188 e. The number of rotatable bonds is 11. The molecule has 2 N–H and O–H groups in total. The summed E-state index contributed by atoms with van der Waals surface area (Å²) >= 11 is 0. The number of carbonyl (C=O) groups is 1. The zero-order valence-electron chi connectivity index (χ0n) is 23.8. The highest BCUT2D eigenvalue weighted by Crippen LogP contribution is 2.53. The van der Waals surface area contributed by atoms with E-state index in [2.05, 4.69) is 62.3 Å². The molecule has 3 atom stereocenters. The van der Waals surface area contributed by atoms with Gasteiger partial charge in [0.05, 0.1) is 17.8 Å². The Hall–Kier alpha value is -1.43. The molecule has 0 bridgehead atoms. The fourth-order valence-electron chi connectivity index (χ4n) is 4.88. The highest BCUT2D eigenvalue weighted by molar-refractivity contribution is 5.94. The zero-order chi connectivity index (χ0) is 26.8. The third kappa shape index (κ3) is 6.47. The second kappa shape index (κ2) is 10.9. The average Bonchev–Trinajstić information content (AvgIpc) is 2.77. The molecule has 0 saturated carbocycles. The van der Waals surface area contributed by atoms with Gasteiger partial charge in [-0.25, -0.2) is 0 Å². The van der Waals surface area contributed by atoms with Crippen LogP contribution in [0.15, 0.2) is 18.2 Å². The highest BCUT2D eigenvalue weighted by atomic mass is 16.7. The van der Waals surface area contributed by atoms with E-state index in [4.69, 9.17) is 9.47 Å². The number of aliphatic hydroxyl groups excluding tert-OH is 1. The number of ketones is 1. The van der Waals surface area contributed by atoms with Crippen LogP contribution in [0.25, 0.3) is 0 Å². The van der Waals surface area contributed by atoms with Crippen LogP contribution in [0.1, 0.15) is 124 Å². The Kier molecular flexibility index (Phi) is 9.28. The summed E-state index contributed by atoms with van der Waals surface area (Å²) in [7, 11) is 0. The highest BCUT2D eigenvalue weighted by Gasteiger charge is 2.49. The molecule has 3 unspecified atom stereocenters. The summed E-state index contributed by atoms with van der Waals surface area (Å²) in [5.74, 6) is 0.0271. The van der Waals surface area contributed by atoms with Crippen molar-refractivity contribution in [2.24, 2.45) is 21.7 Å². The summed E-state index contributed by atoms with van der Waals surface area (Å²) in [5, 5.41) is 20.1. The topological polar surface area (TPSA) is 76.0 Å². The second-order valence-electron chi connectivity index (χ2n) is 13.0. The first-order valence-electron chi connectivity index (χ1n) is 13.2. The Bertz CT molecular complexity index is 867. The lowest BCUT2D eigenvalue weighted by molar-refractivity contribution is -0.280. The molecule has 1 aliphatic heterocycles. The number of benzene rings is 1. The van der Waals surface area contributed by atoms with Gasteiger partial charge in [-0.15, -0.1) is 0 Å². The molecule has 1 saturated heterocycles. The molecule has 35 heavy (non-hydrogen) atoms. The number of phenols is 1. The normalized spacial score (nSPS) is 22.3. The van der Waals surface area contributed by atoms with E-state index >= 15 is 0 Å². The molecule has 1 aliphatic rings. The SMILES string of the molecule is CCC1CC(C(C)(C)C(C)(C)CCC(C)(C)C(C)(C)CCO)OC(c2cc(C(C)=O)ccc2O)O1. The molecular formula is C30H50O5. The van der Waals surface area contributed by atoms with E-state index in [-0.39, 0.29) is 52.0 Å². The van der Waals surface area contributed by atoms with Gasteiger partial charge in [0.25, 0.3) is 0 Å². The number of ether oxygens (including phenoxy) is 2. The minimum absolute atomic E-state index is 0.00846. The predicted octanol–water partition coefficient (Wildman–Crippen LogP) is 7.44. The van der Waals surface area contributed by atoms with Crippen LogP contribution in [0.4, 0.5) is 0 Å². The minimum Gasteiger partial charge on any atom is -0.507 e. The van der Waals surface area contributed by atoms with Crippen LogP contribution in [0.2, 0.25) is 0 Å². The van der Waals surface area contributed by atoms with Crippen molar-refractivity contribution in [2.75, 3.05) is 6.61 Å². The van der Waals surface area contributed by atoms with Gasteiger partial charge in [-0.05, 0) is 72.5 Å². The van der Waals surface area contributed by atoms with E-state index in [9.17, 15) is 15.0 Å². The summed E-state index contributed by atoms with van der Waals surface area (Å²) in [4.78, 5) is 12.0. The molecule has 1 heterocycles. The number of hydrogen-bond donors (Lipinski definition) is 2. The smallest absolute Gasteiger partial charge is 0.188 e. The lowest BCUT2D eigenvalue weighted by Crippen LogP contribution is -2.49. The second-order valence-corrected chi connectivity index (χ2v) is 13.0. The Morgan fingerprint density at radius 3 is 2.06 bits per heavy atom. The Morgan fingerprint density at radius 2 is 1.51 bits per heavy atom. The molecule has 5 heteroatoms. The maximum absolute atomic E-state index is 12.0. The number of phenolic OH excluding ortho intramolecular Hbond substituents is 1. The van der Waals surface area contributed by atoms with Crippen molar-refractivity contribution >= 4 is 5.78 Å². The van der Waals surface area contributed by atoms with Crippen LogP contribution in [-0.4, -0.2) is 34.8 Å². The molecular weight excluding hydrogens is 440 g/mol. The van der Waals surface area contributed by atoms with Gasteiger partial charge < -0.3 is 19.7 Å². The molecule has 2 rings (SSSR count). The van der Waals surface area contributed by atoms with Crippen LogP contribution in [0.5, 0.6) is 5.75 Å². The lowest BCUT2D eigenvalue weighted by Gasteiger charge is -2.52.